The highest BCUT2D eigenvalue weighted by atomic mass is 16.5. The van der Waals surface area contributed by atoms with Crippen LogP contribution >= 0.6 is 0 Å². The van der Waals surface area contributed by atoms with Crippen LogP contribution in [-0.4, -0.2) is 80.6 Å². The molecule has 0 radical (unpaired) electrons. The summed E-state index contributed by atoms with van der Waals surface area (Å²) >= 11 is 0. The van der Waals surface area contributed by atoms with Gasteiger partial charge in [-0.3, -0.25) is 14.4 Å². The van der Waals surface area contributed by atoms with Crippen molar-refractivity contribution >= 4 is 23.7 Å². The largest absolute Gasteiger partial charge is 0.464 e. The first-order chi connectivity index (χ1) is 18.4. The van der Waals surface area contributed by atoms with Gasteiger partial charge < -0.3 is 25.2 Å². The molecule has 0 aromatic carbocycles. The van der Waals surface area contributed by atoms with Gasteiger partial charge in [0.2, 0.25) is 17.7 Å². The highest BCUT2D eigenvalue weighted by Crippen LogP contribution is 2.10. The molecule has 228 valence electrons. The second kappa shape index (κ2) is 21.6. The van der Waals surface area contributed by atoms with Crippen molar-refractivity contribution in [1.29, 1.82) is 0 Å². The Labute approximate surface area is 238 Å². The molecule has 3 amide bonds. The van der Waals surface area contributed by atoms with E-state index in [1.54, 1.807) is 13.8 Å². The fraction of sp³-hybridized carbons (Fsp3) is 0.867. The van der Waals surface area contributed by atoms with Crippen molar-refractivity contribution in [2.24, 2.45) is 0 Å². The fourth-order valence-corrected chi connectivity index (χ4v) is 4.12. The van der Waals surface area contributed by atoms with Gasteiger partial charge in [-0.1, -0.05) is 64.7 Å². The van der Waals surface area contributed by atoms with Gasteiger partial charge in [0, 0.05) is 6.42 Å². The second-order valence-electron chi connectivity index (χ2n) is 11.9. The minimum absolute atomic E-state index is 0.182. The number of nitrogens with zero attached hydrogens (tertiary/aromatic N) is 1. The molecular formula is C30H59N4O5+. The molecule has 3 N–H and O–H groups in total. The number of nitrogens with one attached hydrogen (secondary N) is 3. The Bertz CT molecular complexity index is 708. The summed E-state index contributed by atoms with van der Waals surface area (Å²) in [6.45, 7) is 8.31. The van der Waals surface area contributed by atoms with Crippen LogP contribution in [0.5, 0.6) is 0 Å². The van der Waals surface area contributed by atoms with Crippen molar-refractivity contribution in [2.75, 3.05) is 34.3 Å². The lowest BCUT2D eigenvalue weighted by Crippen LogP contribution is -2.53. The molecule has 0 unspecified atom stereocenters. The molecule has 0 aliphatic rings. The highest BCUT2D eigenvalue weighted by molar-refractivity contribution is 5.93. The van der Waals surface area contributed by atoms with E-state index in [1.165, 1.54) is 51.9 Å². The Hall–Kier alpha value is -2.16. The van der Waals surface area contributed by atoms with E-state index < -0.39 is 35.9 Å². The monoisotopic (exact) mass is 555 g/mol. The molecule has 0 fully saturated rings. The van der Waals surface area contributed by atoms with Gasteiger partial charge in [-0.25, -0.2) is 4.79 Å². The number of quaternary nitrogens is 1. The zero-order chi connectivity index (χ0) is 29.7. The third-order valence-electron chi connectivity index (χ3n) is 6.71. The van der Waals surface area contributed by atoms with Crippen LogP contribution < -0.4 is 16.0 Å². The number of amides is 3. The average molecular weight is 556 g/mol. The van der Waals surface area contributed by atoms with Crippen molar-refractivity contribution in [2.45, 2.75) is 136 Å². The summed E-state index contributed by atoms with van der Waals surface area (Å²) < 4.78 is 6.19. The molecule has 0 spiro atoms. The van der Waals surface area contributed by atoms with Crippen LogP contribution in [0.15, 0.2) is 0 Å². The third kappa shape index (κ3) is 21.4. The summed E-state index contributed by atoms with van der Waals surface area (Å²) in [6.07, 6.45) is 15.2. The molecule has 0 saturated heterocycles. The van der Waals surface area contributed by atoms with Crippen molar-refractivity contribution in [3.05, 3.63) is 0 Å². The summed E-state index contributed by atoms with van der Waals surface area (Å²) in [5.74, 6) is -1.60. The molecule has 0 heterocycles. The van der Waals surface area contributed by atoms with Gasteiger partial charge in [-0.15, -0.1) is 0 Å². The molecule has 0 aromatic rings. The number of esters is 1. The van der Waals surface area contributed by atoms with Crippen LogP contribution in [0, 0.1) is 0 Å². The number of carbonyl (C=O) groups excluding carboxylic acids is 4. The molecule has 39 heavy (non-hydrogen) atoms. The molecule has 0 aromatic heterocycles. The third-order valence-corrected chi connectivity index (χ3v) is 6.71. The van der Waals surface area contributed by atoms with Gasteiger partial charge in [-0.2, -0.15) is 0 Å². The van der Waals surface area contributed by atoms with Crippen molar-refractivity contribution in [1.82, 2.24) is 16.0 Å². The molecule has 0 saturated carbocycles. The smallest absolute Gasteiger partial charge is 0.328 e. The number of unbranched alkanes of at least 4 members (excludes halogenated alkanes) is 11. The predicted octanol–water partition coefficient (Wildman–Crippen LogP) is 4.23. The zero-order valence-corrected chi connectivity index (χ0v) is 26.0. The highest BCUT2D eigenvalue weighted by Gasteiger charge is 2.24. The first kappa shape index (κ1) is 36.8. The fourth-order valence-electron chi connectivity index (χ4n) is 4.12. The summed E-state index contributed by atoms with van der Waals surface area (Å²) in [6, 6.07) is -2.43. The van der Waals surface area contributed by atoms with E-state index >= 15 is 0 Å². The molecule has 0 bridgehead atoms. The summed E-state index contributed by atoms with van der Waals surface area (Å²) in [5.41, 5.74) is 0. The van der Waals surface area contributed by atoms with Gasteiger partial charge in [0.05, 0.1) is 34.3 Å². The molecular weight excluding hydrogens is 496 g/mol. The first-order valence-electron chi connectivity index (χ1n) is 15.2. The van der Waals surface area contributed by atoms with Crippen LogP contribution in [0.3, 0.4) is 0 Å². The average Bonchev–Trinajstić information content (AvgIpc) is 2.85. The normalized spacial score (nSPS) is 13.7. The van der Waals surface area contributed by atoms with E-state index in [9.17, 15) is 19.2 Å². The Morgan fingerprint density at radius 3 is 1.62 bits per heavy atom. The number of rotatable bonds is 23. The molecule has 9 heteroatoms. The van der Waals surface area contributed by atoms with E-state index in [-0.39, 0.29) is 5.91 Å². The van der Waals surface area contributed by atoms with Gasteiger partial charge in [0.25, 0.3) is 0 Å². The van der Waals surface area contributed by atoms with Crippen molar-refractivity contribution in [3.8, 4) is 0 Å². The maximum absolute atomic E-state index is 12.4. The molecule has 0 aliphatic heterocycles. The Balaban J connectivity index is 4.05. The van der Waals surface area contributed by atoms with Crippen LogP contribution in [0.2, 0.25) is 0 Å². The van der Waals surface area contributed by atoms with E-state index in [0.29, 0.717) is 13.0 Å². The van der Waals surface area contributed by atoms with Crippen LogP contribution in [-0.2, 0) is 23.9 Å². The molecule has 0 rings (SSSR count). The summed E-state index contributed by atoms with van der Waals surface area (Å²) in [4.78, 5) is 49.2. The van der Waals surface area contributed by atoms with Crippen molar-refractivity contribution < 1.29 is 28.4 Å². The molecule has 0 aliphatic carbocycles. The maximum atomic E-state index is 12.4. The zero-order valence-electron chi connectivity index (χ0n) is 26.0. The van der Waals surface area contributed by atoms with Gasteiger partial charge in [0.1, 0.15) is 18.1 Å². The van der Waals surface area contributed by atoms with Crippen LogP contribution in [0.25, 0.3) is 0 Å². The number of hydrogen-bond donors (Lipinski definition) is 3. The Kier molecular flexibility index (Phi) is 20.4. The topological polar surface area (TPSA) is 114 Å². The summed E-state index contributed by atoms with van der Waals surface area (Å²) in [5, 5.41) is 7.86. The number of carbonyl (C=O) groups is 4. The molecule has 3 atom stereocenters. The summed E-state index contributed by atoms with van der Waals surface area (Å²) in [7, 11) is 6.42. The molecule has 9 nitrogen and oxygen atoms in total. The van der Waals surface area contributed by atoms with Crippen LogP contribution in [0.4, 0.5) is 0 Å². The maximum Gasteiger partial charge on any atom is 0.328 e. The minimum atomic E-state index is -0.857. The van der Waals surface area contributed by atoms with Gasteiger partial charge in [-0.05, 0) is 46.5 Å². The van der Waals surface area contributed by atoms with Gasteiger partial charge in [0.15, 0.2) is 0 Å². The van der Waals surface area contributed by atoms with E-state index in [0.717, 1.165) is 49.6 Å². The quantitative estimate of drug-likeness (QED) is 0.0992. The van der Waals surface area contributed by atoms with Crippen LogP contribution in [0.1, 0.15) is 118 Å². The Morgan fingerprint density at radius 1 is 0.615 bits per heavy atom. The van der Waals surface area contributed by atoms with Gasteiger partial charge >= 0.3 is 5.97 Å². The lowest BCUT2D eigenvalue weighted by Gasteiger charge is -2.23. The van der Waals surface area contributed by atoms with E-state index in [2.05, 4.69) is 44.0 Å². The first-order valence-corrected chi connectivity index (χ1v) is 15.2. The second-order valence-corrected chi connectivity index (χ2v) is 11.9. The number of ether oxygens (including phenoxy) is 1. The lowest BCUT2D eigenvalue weighted by atomic mass is 10.1. The Morgan fingerprint density at radius 2 is 1.08 bits per heavy atom. The minimum Gasteiger partial charge on any atom is -0.464 e. The standard InChI is InChI=1S/C30H58N4O5/c1-8-9-10-11-12-13-14-15-16-20-23-39-30(38)26(4)33-29(37)25(3)32-28(36)24(2)31-27(35)21-18-17-19-22-34(5,6)7/h24-26H,8-23H2,1-7H3,(H2-,31,32,33,35,36,37)/p+1/t24-,25-,26-/m0/s1. The number of hydrogen-bond acceptors (Lipinski definition) is 5. The van der Waals surface area contributed by atoms with E-state index in [4.69, 9.17) is 4.74 Å². The predicted molar refractivity (Wildman–Crippen MR) is 157 cm³/mol. The SMILES string of the molecule is CCCCCCCCCCCCOC(=O)[C@H](C)NC(=O)[C@H](C)NC(=O)[C@H](C)NC(=O)CCCCC[N+](C)(C)C. The lowest BCUT2D eigenvalue weighted by molar-refractivity contribution is -0.870. The van der Waals surface area contributed by atoms with Crippen molar-refractivity contribution in [3.63, 3.8) is 0 Å². The van der Waals surface area contributed by atoms with E-state index in [1.807, 2.05) is 0 Å².